The molecule has 18 heavy (non-hydrogen) atoms. The molecule has 0 saturated carbocycles. The van der Waals surface area contributed by atoms with E-state index in [2.05, 4.69) is 16.8 Å². The van der Waals surface area contributed by atoms with Gasteiger partial charge in [0.2, 0.25) is 0 Å². The van der Waals surface area contributed by atoms with Gasteiger partial charge in [0.25, 0.3) is 0 Å². The van der Waals surface area contributed by atoms with Crippen LogP contribution in [0.1, 0.15) is 32.6 Å². The predicted molar refractivity (Wildman–Crippen MR) is 74.2 cm³/mol. The zero-order chi connectivity index (χ0) is 13.4. The van der Waals surface area contributed by atoms with Crippen LogP contribution in [0.15, 0.2) is 12.3 Å². The molecule has 2 N–H and O–H groups in total. The molecule has 0 radical (unpaired) electrons. The van der Waals surface area contributed by atoms with E-state index in [1.807, 2.05) is 6.92 Å². The fraction of sp³-hybridized carbons (Fsp3) is 0.857. The number of nitrogens with zero attached hydrogens (tertiary/aromatic N) is 1. The van der Waals surface area contributed by atoms with E-state index in [-0.39, 0.29) is 0 Å². The monoisotopic (exact) mass is 256 g/mol. The Hall–Kier alpha value is -0.580. The van der Waals surface area contributed by atoms with Gasteiger partial charge in [-0.3, -0.25) is 4.90 Å². The van der Waals surface area contributed by atoms with E-state index in [0.29, 0.717) is 6.54 Å². The Balaban J connectivity index is 2.13. The molecular formula is C14H28N2O2. The van der Waals surface area contributed by atoms with Gasteiger partial charge in [0, 0.05) is 26.0 Å². The van der Waals surface area contributed by atoms with Crippen molar-refractivity contribution in [3.8, 4) is 0 Å². The number of hydrogen-bond acceptors (Lipinski definition) is 4. The number of ether oxygens (including phenoxy) is 1. The zero-order valence-corrected chi connectivity index (χ0v) is 11.8. The Morgan fingerprint density at radius 1 is 1.50 bits per heavy atom. The van der Waals surface area contributed by atoms with Crippen molar-refractivity contribution in [1.29, 1.82) is 0 Å². The van der Waals surface area contributed by atoms with E-state index in [1.165, 1.54) is 25.7 Å². The first-order chi connectivity index (χ1) is 8.61. The lowest BCUT2D eigenvalue weighted by atomic mass is 9.92. The van der Waals surface area contributed by atoms with Gasteiger partial charge in [0.1, 0.15) is 6.23 Å². The number of hydrogen-bond donors (Lipinski definition) is 2. The SMILES string of the molecule is C=C(C)NC(O)CN1CCC(CCCOC)CC1. The summed E-state index contributed by atoms with van der Waals surface area (Å²) < 4.78 is 5.08. The summed E-state index contributed by atoms with van der Waals surface area (Å²) in [4.78, 5) is 2.33. The summed E-state index contributed by atoms with van der Waals surface area (Å²) >= 11 is 0. The van der Waals surface area contributed by atoms with Crippen LogP contribution in [0.2, 0.25) is 0 Å². The molecule has 4 nitrogen and oxygen atoms in total. The van der Waals surface area contributed by atoms with Gasteiger partial charge in [-0.2, -0.15) is 0 Å². The molecule has 0 aromatic carbocycles. The maximum absolute atomic E-state index is 9.78. The zero-order valence-electron chi connectivity index (χ0n) is 11.8. The molecular weight excluding hydrogens is 228 g/mol. The van der Waals surface area contributed by atoms with E-state index in [0.717, 1.165) is 31.3 Å². The number of methoxy groups -OCH3 is 1. The maximum Gasteiger partial charge on any atom is 0.137 e. The summed E-state index contributed by atoms with van der Waals surface area (Å²) in [7, 11) is 1.76. The summed E-state index contributed by atoms with van der Waals surface area (Å²) in [6.45, 7) is 9.36. The minimum atomic E-state index is -0.493. The number of rotatable bonds is 8. The standard InChI is InChI=1S/C14H28N2O2/c1-12(2)15-14(17)11-16-8-6-13(7-9-16)5-4-10-18-3/h13-15,17H,1,4-11H2,2-3H3. The van der Waals surface area contributed by atoms with Crippen molar-refractivity contribution < 1.29 is 9.84 Å². The molecule has 4 heteroatoms. The lowest BCUT2D eigenvalue weighted by molar-refractivity contribution is 0.0720. The Bertz CT molecular complexity index is 238. The van der Waals surface area contributed by atoms with Crippen LogP contribution in [-0.4, -0.2) is 49.6 Å². The number of likely N-dealkylation sites (tertiary alicyclic amines) is 1. The van der Waals surface area contributed by atoms with Crippen molar-refractivity contribution in [2.75, 3.05) is 33.4 Å². The molecule has 0 spiro atoms. The number of aliphatic hydroxyl groups excluding tert-OH is 1. The fourth-order valence-electron chi connectivity index (χ4n) is 2.55. The van der Waals surface area contributed by atoms with Gasteiger partial charge in [-0.1, -0.05) is 6.58 Å². The second-order valence-corrected chi connectivity index (χ2v) is 5.32. The summed E-state index contributed by atoms with van der Waals surface area (Å²) in [5.74, 6) is 0.836. The highest BCUT2D eigenvalue weighted by Crippen LogP contribution is 2.21. The van der Waals surface area contributed by atoms with E-state index >= 15 is 0 Å². The van der Waals surface area contributed by atoms with E-state index in [4.69, 9.17) is 4.74 Å². The second kappa shape index (κ2) is 8.51. The van der Waals surface area contributed by atoms with Crippen molar-refractivity contribution in [2.24, 2.45) is 5.92 Å². The molecule has 0 aliphatic carbocycles. The number of nitrogens with one attached hydrogen (secondary N) is 1. The van der Waals surface area contributed by atoms with E-state index < -0.39 is 6.23 Å². The van der Waals surface area contributed by atoms with Crippen LogP contribution in [0.25, 0.3) is 0 Å². The van der Waals surface area contributed by atoms with Gasteiger partial charge in [-0.25, -0.2) is 0 Å². The van der Waals surface area contributed by atoms with Crippen LogP contribution >= 0.6 is 0 Å². The fourth-order valence-corrected chi connectivity index (χ4v) is 2.55. The number of piperidine rings is 1. The first kappa shape index (κ1) is 15.5. The summed E-state index contributed by atoms with van der Waals surface area (Å²) in [6.07, 6.45) is 4.43. The van der Waals surface area contributed by atoms with Crippen LogP contribution in [-0.2, 0) is 4.74 Å². The van der Waals surface area contributed by atoms with Crippen LogP contribution in [0.5, 0.6) is 0 Å². The van der Waals surface area contributed by atoms with Crippen molar-refractivity contribution in [2.45, 2.75) is 38.8 Å². The number of allylic oxidation sites excluding steroid dienone is 1. The molecule has 1 aliphatic rings. The lowest BCUT2D eigenvalue weighted by Crippen LogP contribution is -2.43. The molecule has 1 unspecified atom stereocenters. The molecule has 0 aromatic rings. The molecule has 0 bridgehead atoms. The van der Waals surface area contributed by atoms with Crippen LogP contribution in [0.3, 0.4) is 0 Å². The number of β-amino-alcohol motifs (C(OH)–C–C–N with tert-alkyl or cyclic N) is 1. The van der Waals surface area contributed by atoms with Crippen molar-refractivity contribution in [3.63, 3.8) is 0 Å². The van der Waals surface area contributed by atoms with Crippen molar-refractivity contribution >= 4 is 0 Å². The summed E-state index contributed by atoms with van der Waals surface area (Å²) in [6, 6.07) is 0. The Morgan fingerprint density at radius 3 is 2.72 bits per heavy atom. The van der Waals surface area contributed by atoms with Gasteiger partial charge < -0.3 is 15.2 Å². The molecule has 106 valence electrons. The second-order valence-electron chi connectivity index (χ2n) is 5.32. The van der Waals surface area contributed by atoms with Gasteiger partial charge in [-0.15, -0.1) is 0 Å². The highest BCUT2D eigenvalue weighted by atomic mass is 16.5. The molecule has 1 saturated heterocycles. The summed E-state index contributed by atoms with van der Waals surface area (Å²) in [5.41, 5.74) is 0.817. The average Bonchev–Trinajstić information content (AvgIpc) is 2.30. The normalized spacial score (nSPS) is 19.7. The highest BCUT2D eigenvalue weighted by molar-refractivity contribution is 4.86. The first-order valence-electron chi connectivity index (χ1n) is 6.93. The third-order valence-electron chi connectivity index (χ3n) is 3.51. The minimum absolute atomic E-state index is 0.493. The quantitative estimate of drug-likeness (QED) is 0.511. The topological polar surface area (TPSA) is 44.7 Å². The van der Waals surface area contributed by atoms with Crippen molar-refractivity contribution in [1.82, 2.24) is 10.2 Å². The Morgan fingerprint density at radius 2 is 2.17 bits per heavy atom. The summed E-state index contributed by atoms with van der Waals surface area (Å²) in [5, 5.41) is 12.7. The third-order valence-corrected chi connectivity index (χ3v) is 3.51. The smallest absolute Gasteiger partial charge is 0.137 e. The van der Waals surface area contributed by atoms with Gasteiger partial charge >= 0.3 is 0 Å². The Labute approximate surface area is 111 Å². The highest BCUT2D eigenvalue weighted by Gasteiger charge is 2.20. The molecule has 1 atom stereocenters. The van der Waals surface area contributed by atoms with Crippen LogP contribution in [0.4, 0.5) is 0 Å². The molecule has 1 aliphatic heterocycles. The maximum atomic E-state index is 9.78. The van der Waals surface area contributed by atoms with E-state index in [9.17, 15) is 5.11 Å². The minimum Gasteiger partial charge on any atom is -0.385 e. The first-order valence-corrected chi connectivity index (χ1v) is 6.93. The van der Waals surface area contributed by atoms with Gasteiger partial charge in [0.05, 0.1) is 0 Å². The average molecular weight is 256 g/mol. The lowest BCUT2D eigenvalue weighted by Gasteiger charge is -2.33. The van der Waals surface area contributed by atoms with Crippen LogP contribution < -0.4 is 5.32 Å². The Kier molecular flexibility index (Phi) is 7.32. The van der Waals surface area contributed by atoms with Gasteiger partial charge in [0.15, 0.2) is 0 Å². The third kappa shape index (κ3) is 6.38. The van der Waals surface area contributed by atoms with Crippen LogP contribution in [0, 0.1) is 5.92 Å². The van der Waals surface area contributed by atoms with Gasteiger partial charge in [-0.05, 0) is 51.6 Å². The molecule has 0 amide bonds. The molecule has 1 heterocycles. The number of aliphatic hydroxyl groups is 1. The molecule has 1 fully saturated rings. The largest absolute Gasteiger partial charge is 0.385 e. The predicted octanol–water partition coefficient (Wildman–Crippen LogP) is 1.57. The van der Waals surface area contributed by atoms with Crippen molar-refractivity contribution in [3.05, 3.63) is 12.3 Å². The molecule has 0 aromatic heterocycles. The molecule has 1 rings (SSSR count). The van der Waals surface area contributed by atoms with E-state index in [1.54, 1.807) is 7.11 Å².